The summed E-state index contributed by atoms with van der Waals surface area (Å²) in [4.78, 5) is 4.26. The van der Waals surface area contributed by atoms with Gasteiger partial charge in [-0.3, -0.25) is 4.68 Å². The van der Waals surface area contributed by atoms with E-state index in [0.29, 0.717) is 6.54 Å². The molecule has 1 N–H and O–H groups in total. The quantitative estimate of drug-likeness (QED) is 0.859. The topological polar surface area (TPSA) is 55.6 Å². The fourth-order valence-electron chi connectivity index (χ4n) is 1.16. The number of hydrogen-bond donors (Lipinski definition) is 1. The predicted molar refractivity (Wildman–Crippen MR) is 60.3 cm³/mol. The fourth-order valence-corrected chi connectivity index (χ4v) is 1.50. The van der Waals surface area contributed by atoms with E-state index in [0.717, 1.165) is 16.1 Å². The zero-order valence-electron chi connectivity index (χ0n) is 8.18. The highest BCUT2D eigenvalue weighted by molar-refractivity contribution is 9.10. The van der Waals surface area contributed by atoms with Crippen LogP contribution in [-0.4, -0.2) is 20.0 Å². The van der Waals surface area contributed by atoms with Gasteiger partial charge in [-0.25, -0.2) is 4.98 Å². The van der Waals surface area contributed by atoms with Gasteiger partial charge in [0.15, 0.2) is 0 Å². The van der Waals surface area contributed by atoms with Crippen molar-refractivity contribution in [1.29, 1.82) is 0 Å². The van der Waals surface area contributed by atoms with Crippen molar-refractivity contribution in [2.45, 2.75) is 6.54 Å². The van der Waals surface area contributed by atoms with Gasteiger partial charge in [0.05, 0.1) is 18.4 Å². The largest absolute Gasteiger partial charge is 0.364 e. The Morgan fingerprint density at radius 3 is 3.00 bits per heavy atom. The molecule has 2 rings (SSSR count). The number of hydrogen-bond acceptors (Lipinski definition) is 4. The molecule has 0 fully saturated rings. The first-order chi connectivity index (χ1) is 7.25. The van der Waals surface area contributed by atoms with Crippen LogP contribution >= 0.6 is 15.9 Å². The van der Waals surface area contributed by atoms with Gasteiger partial charge in [-0.15, -0.1) is 5.10 Å². The van der Waals surface area contributed by atoms with Gasteiger partial charge in [0.25, 0.3) is 0 Å². The van der Waals surface area contributed by atoms with Gasteiger partial charge < -0.3 is 5.32 Å². The van der Waals surface area contributed by atoms with E-state index in [1.807, 2.05) is 25.2 Å². The van der Waals surface area contributed by atoms with Gasteiger partial charge >= 0.3 is 0 Å². The molecule has 6 heteroatoms. The molecule has 0 aromatic carbocycles. The molecule has 0 aliphatic rings. The lowest BCUT2D eigenvalue weighted by atomic mass is 10.4. The molecule has 2 aromatic rings. The standard InChI is InChI=1S/C9H10BrN5/c1-15-7(6-12-14-15)5-11-9-4-2-3-8(10)13-9/h2-4,6H,5H2,1H3,(H,11,13). The molecule has 0 saturated heterocycles. The summed E-state index contributed by atoms with van der Waals surface area (Å²) in [5.74, 6) is 0.825. The number of aryl methyl sites for hydroxylation is 1. The van der Waals surface area contributed by atoms with Crippen molar-refractivity contribution in [1.82, 2.24) is 20.0 Å². The maximum absolute atomic E-state index is 4.26. The second-order valence-electron chi connectivity index (χ2n) is 3.05. The van der Waals surface area contributed by atoms with Gasteiger partial charge in [0.2, 0.25) is 0 Å². The van der Waals surface area contributed by atoms with E-state index in [-0.39, 0.29) is 0 Å². The lowest BCUT2D eigenvalue weighted by Crippen LogP contribution is -2.06. The van der Waals surface area contributed by atoms with Crippen LogP contribution in [-0.2, 0) is 13.6 Å². The molecular formula is C9H10BrN5. The van der Waals surface area contributed by atoms with Crippen molar-refractivity contribution < 1.29 is 0 Å². The Bertz CT molecular complexity index is 453. The van der Waals surface area contributed by atoms with Crippen LogP contribution in [0.2, 0.25) is 0 Å². The first-order valence-corrected chi connectivity index (χ1v) is 5.25. The summed E-state index contributed by atoms with van der Waals surface area (Å²) in [6.07, 6.45) is 1.73. The number of anilines is 1. The second-order valence-corrected chi connectivity index (χ2v) is 3.86. The summed E-state index contributed by atoms with van der Waals surface area (Å²) < 4.78 is 2.54. The Balaban J connectivity index is 2.02. The molecule has 5 nitrogen and oxygen atoms in total. The first-order valence-electron chi connectivity index (χ1n) is 4.46. The normalized spacial score (nSPS) is 10.3. The first kappa shape index (κ1) is 10.1. The zero-order valence-corrected chi connectivity index (χ0v) is 9.77. The van der Waals surface area contributed by atoms with Crippen molar-refractivity contribution in [3.05, 3.63) is 34.7 Å². The average molecular weight is 268 g/mol. The van der Waals surface area contributed by atoms with Gasteiger partial charge in [0.1, 0.15) is 10.4 Å². The summed E-state index contributed by atoms with van der Waals surface area (Å²) in [7, 11) is 1.86. The molecule has 0 atom stereocenters. The molecule has 15 heavy (non-hydrogen) atoms. The molecule has 0 radical (unpaired) electrons. The SMILES string of the molecule is Cn1nncc1CNc1cccc(Br)n1. The number of aromatic nitrogens is 4. The maximum Gasteiger partial charge on any atom is 0.127 e. The average Bonchev–Trinajstić information content (AvgIpc) is 2.61. The molecule has 0 aliphatic heterocycles. The summed E-state index contributed by atoms with van der Waals surface area (Å²) >= 11 is 3.31. The third kappa shape index (κ3) is 2.53. The molecule has 0 saturated carbocycles. The molecule has 78 valence electrons. The molecule has 0 unspecified atom stereocenters. The third-order valence-corrected chi connectivity index (χ3v) is 2.42. The van der Waals surface area contributed by atoms with Crippen molar-refractivity contribution in [3.63, 3.8) is 0 Å². The van der Waals surface area contributed by atoms with E-state index < -0.39 is 0 Å². The van der Waals surface area contributed by atoms with E-state index in [2.05, 4.69) is 36.5 Å². The molecule has 2 heterocycles. The Kier molecular flexibility index (Phi) is 2.96. The lowest BCUT2D eigenvalue weighted by Gasteiger charge is -2.04. The van der Waals surface area contributed by atoms with Gasteiger partial charge in [-0.2, -0.15) is 0 Å². The Labute approximate surface area is 95.7 Å². The molecule has 0 amide bonds. The minimum Gasteiger partial charge on any atom is -0.364 e. The smallest absolute Gasteiger partial charge is 0.127 e. The fraction of sp³-hybridized carbons (Fsp3) is 0.222. The van der Waals surface area contributed by atoms with E-state index >= 15 is 0 Å². The van der Waals surface area contributed by atoms with Crippen molar-refractivity contribution in [2.24, 2.45) is 7.05 Å². The highest BCUT2D eigenvalue weighted by Crippen LogP contribution is 2.10. The Morgan fingerprint density at radius 2 is 2.33 bits per heavy atom. The number of rotatable bonds is 3. The van der Waals surface area contributed by atoms with Crippen molar-refractivity contribution >= 4 is 21.7 Å². The van der Waals surface area contributed by atoms with E-state index in [4.69, 9.17) is 0 Å². The number of pyridine rings is 1. The van der Waals surface area contributed by atoms with E-state index in [1.165, 1.54) is 0 Å². The summed E-state index contributed by atoms with van der Waals surface area (Å²) in [6, 6.07) is 5.73. The maximum atomic E-state index is 4.26. The van der Waals surface area contributed by atoms with E-state index in [9.17, 15) is 0 Å². The third-order valence-electron chi connectivity index (χ3n) is 1.97. The monoisotopic (exact) mass is 267 g/mol. The second kappa shape index (κ2) is 4.39. The van der Waals surface area contributed by atoms with Crippen LogP contribution in [0.5, 0.6) is 0 Å². The molecule has 2 aromatic heterocycles. The molecule has 0 spiro atoms. The van der Waals surface area contributed by atoms with Crippen LogP contribution in [0.15, 0.2) is 29.0 Å². The molecule has 0 bridgehead atoms. The number of nitrogens with one attached hydrogen (secondary N) is 1. The molecular weight excluding hydrogens is 258 g/mol. The molecule has 0 aliphatic carbocycles. The highest BCUT2D eigenvalue weighted by Gasteiger charge is 2.00. The van der Waals surface area contributed by atoms with Crippen LogP contribution in [0.1, 0.15) is 5.69 Å². The highest BCUT2D eigenvalue weighted by atomic mass is 79.9. The van der Waals surface area contributed by atoms with Gasteiger partial charge in [0, 0.05) is 7.05 Å². The minimum absolute atomic E-state index is 0.660. The van der Waals surface area contributed by atoms with Gasteiger partial charge in [-0.1, -0.05) is 11.3 Å². The Morgan fingerprint density at radius 1 is 1.47 bits per heavy atom. The summed E-state index contributed by atoms with van der Waals surface area (Å²) in [5, 5.41) is 10.8. The zero-order chi connectivity index (χ0) is 10.7. The predicted octanol–water partition coefficient (Wildman–Crippen LogP) is 1.58. The van der Waals surface area contributed by atoms with Crippen molar-refractivity contribution in [2.75, 3.05) is 5.32 Å². The number of nitrogens with zero attached hydrogens (tertiary/aromatic N) is 4. The van der Waals surface area contributed by atoms with E-state index in [1.54, 1.807) is 10.9 Å². The van der Waals surface area contributed by atoms with Crippen LogP contribution < -0.4 is 5.32 Å². The van der Waals surface area contributed by atoms with Gasteiger partial charge in [-0.05, 0) is 28.1 Å². The van der Waals surface area contributed by atoms with Crippen LogP contribution in [0.4, 0.5) is 5.82 Å². The Hall–Kier alpha value is -1.43. The van der Waals surface area contributed by atoms with Crippen molar-refractivity contribution in [3.8, 4) is 0 Å². The van der Waals surface area contributed by atoms with Crippen LogP contribution in [0, 0.1) is 0 Å². The summed E-state index contributed by atoms with van der Waals surface area (Å²) in [5.41, 5.74) is 1.01. The van der Waals surface area contributed by atoms with Crippen LogP contribution in [0.3, 0.4) is 0 Å². The summed E-state index contributed by atoms with van der Waals surface area (Å²) in [6.45, 7) is 0.660. The van der Waals surface area contributed by atoms with Crippen LogP contribution in [0.25, 0.3) is 0 Å². The lowest BCUT2D eigenvalue weighted by molar-refractivity contribution is 0.683. The minimum atomic E-state index is 0.660. The number of halogens is 1.